The summed E-state index contributed by atoms with van der Waals surface area (Å²) in [7, 11) is -5.08. The lowest BCUT2D eigenvalue weighted by Crippen LogP contribution is -2.31. The van der Waals surface area contributed by atoms with Crippen molar-refractivity contribution >= 4 is 122 Å². The molecule has 1 aliphatic carbocycles. The molecule has 360 valence electrons. The number of halogens is 4. The summed E-state index contributed by atoms with van der Waals surface area (Å²) in [4.78, 5) is 73.9. The topological polar surface area (TPSA) is 281 Å². The van der Waals surface area contributed by atoms with Crippen molar-refractivity contribution in [2.24, 2.45) is 0 Å². The maximum Gasteiger partial charge on any atom is 0.349 e. The molecule has 4 aromatic rings. The zero-order valence-corrected chi connectivity index (χ0v) is 41.9. The molecule has 0 bridgehead atoms. The van der Waals surface area contributed by atoms with Crippen LogP contribution in [0.15, 0.2) is 57.7 Å². The van der Waals surface area contributed by atoms with Crippen LogP contribution in [0.5, 0.6) is 11.8 Å². The lowest BCUT2D eigenvalue weighted by atomic mass is 9.93. The molecule has 3 heterocycles. The van der Waals surface area contributed by atoms with Gasteiger partial charge < -0.3 is 33.7 Å². The Hall–Kier alpha value is -4.48. The van der Waals surface area contributed by atoms with Crippen LogP contribution in [0.4, 0.5) is 11.4 Å². The molecule has 2 amide bonds. The number of aromatic nitrogens is 4. The van der Waals surface area contributed by atoms with Gasteiger partial charge in [-0.3, -0.25) is 24.4 Å². The van der Waals surface area contributed by atoms with E-state index >= 15 is 0 Å². The molecule has 1 unspecified atom stereocenters. The standard InChI is InChI=1S/C19H17Cl2NO4.C14H13Cl2N5O4S.C3H8NO5P.C3H9S/c1-2-26-19(25)16(21)10-11-9-12(7-8-15(11)20)22-17(23)13-5-3-4-6-14(13)18(22)24;1-7-4-5-8(15)12(11(7)16)20-26(22,23)14-18-13-17-9(24-2)6-10(25-3)21(13)19-14;5-3(6)1-4-2-10(7,8)9;1-4(2)3/h7-10H,2-6H2,1H3;4-6,20H,1-3H3;4H,1-2H2,(H,5,6)(H2,7,8,9);1-3H3/q;;;+1/p-1/b16-10-;;;. The molecule has 2 aromatic carbocycles. The summed E-state index contributed by atoms with van der Waals surface area (Å²) in [6, 6.07) is 9.39. The minimum Gasteiger partial charge on any atom is -0.778 e. The highest BCUT2D eigenvalue weighted by Gasteiger charge is 2.39. The van der Waals surface area contributed by atoms with Crippen molar-refractivity contribution in [1.82, 2.24) is 24.9 Å². The fourth-order valence-corrected chi connectivity index (χ4v) is 7.83. The number of hydrogen-bond acceptors (Lipinski definition) is 15. The first kappa shape index (κ1) is 55.8. The second-order valence-corrected chi connectivity index (χ2v) is 21.2. The van der Waals surface area contributed by atoms with Gasteiger partial charge in [0.2, 0.25) is 11.8 Å². The van der Waals surface area contributed by atoms with E-state index in [1.807, 2.05) is 5.32 Å². The molecule has 0 saturated heterocycles. The van der Waals surface area contributed by atoms with Crippen LogP contribution in [-0.4, -0.2) is 114 Å². The summed E-state index contributed by atoms with van der Waals surface area (Å²) in [5.74, 6) is -2.01. The predicted octanol–water partition coefficient (Wildman–Crippen LogP) is 5.44. The number of rotatable bonds is 13. The normalized spacial score (nSPS) is 14.5. The zero-order valence-electron chi connectivity index (χ0n) is 36.4. The van der Waals surface area contributed by atoms with Crippen molar-refractivity contribution in [3.8, 4) is 11.8 Å². The van der Waals surface area contributed by atoms with E-state index in [2.05, 4.69) is 38.6 Å². The summed E-state index contributed by atoms with van der Waals surface area (Å²) in [6.45, 7) is 3.12. The van der Waals surface area contributed by atoms with E-state index in [9.17, 15) is 37.1 Å². The fourth-order valence-electron chi connectivity index (χ4n) is 5.55. The molecule has 6 rings (SSSR count). The number of esters is 1. The van der Waals surface area contributed by atoms with Gasteiger partial charge in [0.1, 0.15) is 12.6 Å². The van der Waals surface area contributed by atoms with Gasteiger partial charge in [-0.05, 0) is 91.9 Å². The van der Waals surface area contributed by atoms with E-state index in [4.69, 9.17) is 70.6 Å². The van der Waals surface area contributed by atoms with Gasteiger partial charge in [-0.15, -0.1) is 5.10 Å². The van der Waals surface area contributed by atoms with Crippen LogP contribution >= 0.6 is 54.0 Å². The summed E-state index contributed by atoms with van der Waals surface area (Å²) < 4.78 is 53.7. The number of nitrogens with zero attached hydrogens (tertiary/aromatic N) is 5. The Morgan fingerprint density at radius 1 is 0.985 bits per heavy atom. The SMILES string of the molecule is CCOC(=O)/C(Cl)=C/c1cc(N2C(=O)C3=C(CCCC3)C2=O)ccc1Cl.COc1cc(OC)n2nc(S(=O)(=O)Nc3c(Cl)ccc(C)c3Cl)nc2n1.C[S+](C)C.O=C(O)CNCP(=O)([O-])O. The summed E-state index contributed by atoms with van der Waals surface area (Å²) >= 11 is 24.3. The van der Waals surface area contributed by atoms with Gasteiger partial charge in [-0.2, -0.15) is 22.9 Å². The quantitative estimate of drug-likeness (QED) is 0.0426. The Morgan fingerprint density at radius 3 is 2.11 bits per heavy atom. The summed E-state index contributed by atoms with van der Waals surface area (Å²) in [6.07, 6.45) is 10.3. The Kier molecular flexibility index (Phi) is 21.2. The zero-order chi connectivity index (χ0) is 49.7. The number of carboxylic acids is 1. The average Bonchev–Trinajstić information content (AvgIpc) is 3.80. The number of nitrogens with one attached hydrogen (secondary N) is 2. The second kappa shape index (κ2) is 25.0. The van der Waals surface area contributed by atoms with Crippen molar-refractivity contribution in [2.45, 2.75) is 44.7 Å². The molecule has 4 N–H and O–H groups in total. The van der Waals surface area contributed by atoms with Crippen LogP contribution in [0.25, 0.3) is 11.9 Å². The number of ether oxygens (including phenoxy) is 3. The third kappa shape index (κ3) is 15.8. The first-order valence-corrected chi connectivity index (χ1v) is 26.3. The molecule has 20 nitrogen and oxygen atoms in total. The lowest BCUT2D eigenvalue weighted by molar-refractivity contribution is -0.193. The number of benzene rings is 2. The Bertz CT molecular complexity index is 2650. The van der Waals surface area contributed by atoms with Gasteiger partial charge in [0.05, 0.1) is 79.9 Å². The number of imide groups is 1. The van der Waals surface area contributed by atoms with E-state index < -0.39 is 47.5 Å². The maximum absolute atomic E-state index is 12.7. The number of sulfonamides is 1. The summed E-state index contributed by atoms with van der Waals surface area (Å²) in [5.41, 5.74) is 2.75. The van der Waals surface area contributed by atoms with Crippen molar-refractivity contribution in [3.63, 3.8) is 0 Å². The number of carbonyl (C=O) groups is 4. The molecule has 0 fully saturated rings. The maximum atomic E-state index is 12.7. The minimum absolute atomic E-state index is 0.0111. The Labute approximate surface area is 403 Å². The van der Waals surface area contributed by atoms with Gasteiger partial charge >= 0.3 is 11.9 Å². The molecule has 0 spiro atoms. The van der Waals surface area contributed by atoms with Gasteiger partial charge in [0, 0.05) is 16.2 Å². The summed E-state index contributed by atoms with van der Waals surface area (Å²) in [5, 5.41) is 13.9. The third-order valence-corrected chi connectivity index (χ3v) is 11.5. The molecule has 1 atom stereocenters. The predicted molar refractivity (Wildman–Crippen MR) is 251 cm³/mol. The molecular formula is C39H46Cl4N7O13PS2. The highest BCUT2D eigenvalue weighted by molar-refractivity contribution is 7.94. The highest BCUT2D eigenvalue weighted by Crippen LogP contribution is 2.38. The van der Waals surface area contributed by atoms with Crippen molar-refractivity contribution in [3.05, 3.63) is 78.8 Å². The van der Waals surface area contributed by atoms with Gasteiger partial charge in [0.15, 0.2) is 0 Å². The van der Waals surface area contributed by atoms with Gasteiger partial charge in [-0.1, -0.05) is 52.5 Å². The Morgan fingerprint density at radius 2 is 1.58 bits per heavy atom. The second-order valence-electron chi connectivity index (χ2n) is 14.0. The minimum atomic E-state index is -4.35. The molecule has 0 radical (unpaired) electrons. The van der Waals surface area contributed by atoms with E-state index in [0.29, 0.717) is 56.7 Å². The molecular weight excluding hydrogens is 1010 g/mol. The van der Waals surface area contributed by atoms with E-state index in [1.54, 1.807) is 38.1 Å². The lowest BCUT2D eigenvalue weighted by Gasteiger charge is -2.16. The molecule has 27 heteroatoms. The van der Waals surface area contributed by atoms with Crippen LogP contribution in [0.3, 0.4) is 0 Å². The fraction of sp³-hybridized carbons (Fsp3) is 0.359. The molecule has 2 aromatic heterocycles. The van der Waals surface area contributed by atoms with E-state index in [-0.39, 0.29) is 56.7 Å². The van der Waals surface area contributed by atoms with Crippen LogP contribution in [-0.2, 0) is 49.4 Å². The van der Waals surface area contributed by atoms with Crippen molar-refractivity contribution in [1.29, 1.82) is 0 Å². The van der Waals surface area contributed by atoms with Gasteiger partial charge in [-0.25, -0.2) is 9.69 Å². The highest BCUT2D eigenvalue weighted by atomic mass is 35.5. The number of aryl methyl sites for hydroxylation is 1. The number of fused-ring (bicyclic) bond motifs is 1. The third-order valence-electron chi connectivity index (χ3n) is 8.38. The van der Waals surface area contributed by atoms with E-state index in [0.717, 1.165) is 17.4 Å². The van der Waals surface area contributed by atoms with Crippen LogP contribution < -0.4 is 29.3 Å². The molecule has 2 aliphatic rings. The number of anilines is 2. The van der Waals surface area contributed by atoms with Crippen LogP contribution in [0.1, 0.15) is 43.7 Å². The van der Waals surface area contributed by atoms with E-state index in [1.165, 1.54) is 37.3 Å². The number of aliphatic carboxylic acids is 1. The van der Waals surface area contributed by atoms with Crippen molar-refractivity contribution in [2.75, 3.05) is 62.0 Å². The first-order valence-electron chi connectivity index (χ1n) is 19.1. The van der Waals surface area contributed by atoms with Gasteiger partial charge in [0.25, 0.3) is 32.8 Å². The van der Waals surface area contributed by atoms with Crippen LogP contribution in [0, 0.1) is 6.92 Å². The molecule has 66 heavy (non-hydrogen) atoms. The molecule has 1 aliphatic heterocycles. The smallest absolute Gasteiger partial charge is 0.349 e. The van der Waals surface area contributed by atoms with Crippen LogP contribution in [0.2, 0.25) is 15.1 Å². The van der Waals surface area contributed by atoms with Crippen molar-refractivity contribution < 1.29 is 61.3 Å². The number of methoxy groups -OCH3 is 2. The monoisotopic (exact) mass is 1060 g/mol. The number of hydrogen-bond donors (Lipinski definition) is 4. The molecule has 0 saturated carbocycles. The number of carbonyl (C=O) groups excluding carboxylic acids is 3. The number of carboxylic acid groups (broad SMARTS) is 1. The Balaban J connectivity index is 0.000000274. The largest absolute Gasteiger partial charge is 0.778 e. The number of amides is 2. The average molecular weight is 1060 g/mol. The first-order chi connectivity index (χ1) is 30.8.